The number of esters is 1. The molecule has 0 bridgehead atoms. The van der Waals surface area contributed by atoms with Crippen molar-refractivity contribution in [2.45, 2.75) is 13.2 Å². The van der Waals surface area contributed by atoms with E-state index in [1.165, 1.54) is 7.11 Å². The molecule has 0 atom stereocenters. The number of nitrogens with one attached hydrogen (secondary N) is 1. The molecular weight excluding hydrogens is 456 g/mol. The average molecular weight is 468 g/mol. The highest BCUT2D eigenvalue weighted by Crippen LogP contribution is 2.21. The lowest BCUT2D eigenvalue weighted by Crippen LogP contribution is -2.13. The summed E-state index contributed by atoms with van der Waals surface area (Å²) in [7, 11) is -1.72. The highest BCUT2D eigenvalue weighted by molar-refractivity contribution is 7.62. The summed E-state index contributed by atoms with van der Waals surface area (Å²) in [6, 6.07) is 7.90. The standard InChI is InChI=1S/C8H8O2.C7H4F4N4O5S/c1-10-8(9)7-5-3-2-4-6-7;8-4(9)19-2-1-3(20-5(10)11)13-6(12-2)14-7(16)15-21(17)18/h2-6H,1H3;1,4-5H,(H,12,13,14,16). The number of anilines is 1. The van der Waals surface area contributed by atoms with E-state index in [0.29, 0.717) is 11.6 Å². The minimum Gasteiger partial charge on any atom is -0.465 e. The fourth-order valence-electron chi connectivity index (χ4n) is 1.64. The van der Waals surface area contributed by atoms with E-state index in [1.807, 2.05) is 6.07 Å². The molecule has 31 heavy (non-hydrogen) atoms. The number of hydrogen-bond donors (Lipinski definition) is 1. The van der Waals surface area contributed by atoms with E-state index < -0.39 is 47.5 Å². The van der Waals surface area contributed by atoms with Crippen molar-refractivity contribution in [3.8, 4) is 11.8 Å². The van der Waals surface area contributed by atoms with Gasteiger partial charge in [-0.2, -0.15) is 35.9 Å². The lowest BCUT2D eigenvalue weighted by atomic mass is 10.2. The van der Waals surface area contributed by atoms with Gasteiger partial charge in [-0.15, -0.1) is 0 Å². The minimum absolute atomic E-state index is 0.291. The number of halogens is 4. The number of urea groups is 1. The van der Waals surface area contributed by atoms with E-state index in [0.717, 1.165) is 0 Å². The van der Waals surface area contributed by atoms with Crippen molar-refractivity contribution in [3.05, 3.63) is 42.0 Å². The van der Waals surface area contributed by atoms with Crippen LogP contribution in [0.3, 0.4) is 0 Å². The Labute approximate surface area is 172 Å². The van der Waals surface area contributed by atoms with Crippen LogP contribution in [0.4, 0.5) is 28.3 Å². The number of hydrogen-bond acceptors (Lipinski definition) is 9. The summed E-state index contributed by atoms with van der Waals surface area (Å²) in [5.74, 6) is -2.91. The maximum atomic E-state index is 12.0. The minimum atomic E-state index is -3.33. The summed E-state index contributed by atoms with van der Waals surface area (Å²) in [5.41, 5.74) is 0.588. The average Bonchev–Trinajstić information content (AvgIpc) is 2.66. The molecule has 1 N–H and O–H groups in total. The van der Waals surface area contributed by atoms with Crippen molar-refractivity contribution in [2.75, 3.05) is 12.4 Å². The van der Waals surface area contributed by atoms with Gasteiger partial charge in [-0.05, 0) is 12.1 Å². The van der Waals surface area contributed by atoms with E-state index in [4.69, 9.17) is 0 Å². The maximum absolute atomic E-state index is 12.0. The van der Waals surface area contributed by atoms with Gasteiger partial charge in [0.1, 0.15) is 0 Å². The zero-order chi connectivity index (χ0) is 23.4. The quantitative estimate of drug-likeness (QED) is 0.499. The normalized spacial score (nSPS) is 9.90. The Morgan fingerprint density at radius 3 is 1.94 bits per heavy atom. The fourth-order valence-corrected chi connectivity index (χ4v) is 1.82. The first-order valence-corrected chi connectivity index (χ1v) is 8.68. The molecule has 11 nitrogen and oxygen atoms in total. The Morgan fingerprint density at radius 1 is 1.00 bits per heavy atom. The molecule has 0 radical (unpaired) electrons. The number of carbonyl (C=O) groups is 2. The molecule has 168 valence electrons. The second kappa shape index (κ2) is 12.7. The van der Waals surface area contributed by atoms with Crippen LogP contribution in [0.15, 0.2) is 40.8 Å². The van der Waals surface area contributed by atoms with Crippen LogP contribution >= 0.6 is 0 Å². The Morgan fingerprint density at radius 2 is 1.52 bits per heavy atom. The lowest BCUT2D eigenvalue weighted by Gasteiger charge is -2.08. The first-order chi connectivity index (χ1) is 14.6. The maximum Gasteiger partial charge on any atom is 0.388 e. The van der Waals surface area contributed by atoms with Crippen LogP contribution < -0.4 is 14.8 Å². The molecule has 2 rings (SSSR count). The van der Waals surface area contributed by atoms with Gasteiger partial charge in [-0.1, -0.05) is 22.6 Å². The number of aromatic nitrogens is 2. The molecule has 0 unspecified atom stereocenters. The van der Waals surface area contributed by atoms with Gasteiger partial charge < -0.3 is 14.2 Å². The zero-order valence-corrected chi connectivity index (χ0v) is 16.1. The van der Waals surface area contributed by atoms with Gasteiger partial charge in [0.05, 0.1) is 18.7 Å². The molecule has 2 amide bonds. The summed E-state index contributed by atoms with van der Waals surface area (Å²) in [6.45, 7) is -6.66. The molecule has 0 spiro atoms. The van der Waals surface area contributed by atoms with Crippen LogP contribution in [-0.2, 0) is 15.2 Å². The largest absolute Gasteiger partial charge is 0.465 e. The van der Waals surface area contributed by atoms with Gasteiger partial charge >= 0.3 is 35.7 Å². The molecule has 2 aromatic rings. The number of carbonyl (C=O) groups excluding carboxylic acids is 2. The van der Waals surface area contributed by atoms with Gasteiger partial charge in [-0.25, -0.2) is 9.59 Å². The molecule has 1 aromatic carbocycles. The van der Waals surface area contributed by atoms with Gasteiger partial charge in [-0.3, -0.25) is 5.32 Å². The van der Waals surface area contributed by atoms with E-state index in [9.17, 15) is 35.6 Å². The predicted molar refractivity (Wildman–Crippen MR) is 93.4 cm³/mol. The molecule has 1 heterocycles. The third-order valence-electron chi connectivity index (χ3n) is 2.67. The van der Waals surface area contributed by atoms with Crippen molar-refractivity contribution >= 4 is 28.4 Å². The third kappa shape index (κ3) is 10.5. The number of alkyl halides is 4. The Balaban J connectivity index is 0.000000399. The second-order valence-electron chi connectivity index (χ2n) is 4.72. The lowest BCUT2D eigenvalue weighted by molar-refractivity contribution is -0.0579. The van der Waals surface area contributed by atoms with Crippen molar-refractivity contribution in [1.82, 2.24) is 9.97 Å². The number of benzene rings is 1. The number of nitrogens with zero attached hydrogens (tertiary/aromatic N) is 3. The molecule has 16 heteroatoms. The predicted octanol–water partition coefficient (Wildman–Crippen LogP) is 2.75. The molecular formula is C15H12F4N4O7S. The Hall–Kier alpha value is -3.82. The first-order valence-electron chi connectivity index (χ1n) is 7.65. The molecule has 0 aliphatic rings. The van der Waals surface area contributed by atoms with Gasteiger partial charge in [0.2, 0.25) is 17.7 Å². The fraction of sp³-hybridized carbons (Fsp3) is 0.200. The van der Waals surface area contributed by atoms with Gasteiger partial charge in [0.25, 0.3) is 0 Å². The molecule has 0 aliphatic heterocycles. The summed E-state index contributed by atoms with van der Waals surface area (Å²) >= 11 is 0. The topological polar surface area (TPSA) is 146 Å². The smallest absolute Gasteiger partial charge is 0.388 e. The number of ether oxygens (including phenoxy) is 3. The molecule has 0 saturated carbocycles. The SMILES string of the molecule is COC(=O)c1ccccc1.O=C(N=S(=O)=O)Nc1nc(OC(F)F)cc(OC(F)F)n1. The third-order valence-corrected chi connectivity index (χ3v) is 2.98. The van der Waals surface area contributed by atoms with E-state index in [-0.39, 0.29) is 5.97 Å². The molecule has 0 saturated heterocycles. The molecule has 0 fully saturated rings. The van der Waals surface area contributed by atoms with Crippen molar-refractivity contribution in [1.29, 1.82) is 0 Å². The number of amides is 2. The van der Waals surface area contributed by atoms with Crippen molar-refractivity contribution < 1.29 is 49.8 Å². The van der Waals surface area contributed by atoms with Crippen LogP contribution in [0, 0.1) is 0 Å². The number of rotatable bonds is 6. The summed E-state index contributed by atoms with van der Waals surface area (Å²) in [6.07, 6.45) is 0. The zero-order valence-electron chi connectivity index (χ0n) is 15.2. The van der Waals surface area contributed by atoms with Gasteiger partial charge in [0.15, 0.2) is 0 Å². The van der Waals surface area contributed by atoms with Gasteiger partial charge in [0, 0.05) is 0 Å². The van der Waals surface area contributed by atoms with Crippen molar-refractivity contribution in [2.24, 2.45) is 4.36 Å². The van der Waals surface area contributed by atoms with E-state index >= 15 is 0 Å². The van der Waals surface area contributed by atoms with Crippen molar-refractivity contribution in [3.63, 3.8) is 0 Å². The van der Waals surface area contributed by atoms with Crippen LogP contribution in [0.5, 0.6) is 11.8 Å². The molecule has 1 aromatic heterocycles. The highest BCUT2D eigenvalue weighted by atomic mass is 32.2. The van der Waals surface area contributed by atoms with Crippen LogP contribution in [0.25, 0.3) is 0 Å². The Bertz CT molecular complexity index is 987. The number of methoxy groups -OCH3 is 1. The molecule has 0 aliphatic carbocycles. The second-order valence-corrected chi connectivity index (χ2v) is 5.34. The first kappa shape index (κ1) is 25.2. The highest BCUT2D eigenvalue weighted by Gasteiger charge is 2.15. The van der Waals surface area contributed by atoms with E-state index in [1.54, 1.807) is 29.6 Å². The summed E-state index contributed by atoms with van der Waals surface area (Å²) < 4.78 is 82.9. The van der Waals surface area contributed by atoms with E-state index in [2.05, 4.69) is 28.5 Å². The monoisotopic (exact) mass is 468 g/mol. The van der Waals surface area contributed by atoms with Crippen LogP contribution in [-0.4, -0.2) is 50.7 Å². The summed E-state index contributed by atoms with van der Waals surface area (Å²) in [5, 5.41) is 1.63. The summed E-state index contributed by atoms with van der Waals surface area (Å²) in [4.78, 5) is 28.1. The Kier molecular flexibility index (Phi) is 10.3. The van der Waals surface area contributed by atoms with Crippen LogP contribution in [0.2, 0.25) is 0 Å². The van der Waals surface area contributed by atoms with Crippen LogP contribution in [0.1, 0.15) is 10.4 Å².